The average Bonchev–Trinajstić information content (AvgIpc) is 2.71. The molecule has 0 aromatic carbocycles. The first-order chi connectivity index (χ1) is 7.78. The van der Waals surface area contributed by atoms with Crippen molar-refractivity contribution in [1.29, 1.82) is 0 Å². The zero-order valence-electron chi connectivity index (χ0n) is 11.4. The molecule has 3 saturated carbocycles. The molecule has 0 radical (unpaired) electrons. The van der Waals surface area contributed by atoms with E-state index >= 15 is 0 Å². The van der Waals surface area contributed by atoms with Gasteiger partial charge >= 0.3 is 0 Å². The van der Waals surface area contributed by atoms with Crippen LogP contribution in [0.25, 0.3) is 0 Å². The minimum Gasteiger partial charge on any atom is -0.387 e. The van der Waals surface area contributed by atoms with Crippen LogP contribution in [-0.4, -0.2) is 22.4 Å². The Labute approximate surface area is 104 Å². The van der Waals surface area contributed by atoms with Gasteiger partial charge in [-0.1, -0.05) is 20.8 Å². The van der Waals surface area contributed by atoms with Crippen molar-refractivity contribution in [2.24, 2.45) is 22.7 Å². The van der Waals surface area contributed by atoms with Crippen LogP contribution in [0, 0.1) is 22.7 Å². The summed E-state index contributed by atoms with van der Waals surface area (Å²) < 4.78 is 6.50. The highest BCUT2D eigenvalue weighted by Crippen LogP contribution is 2.80. The molecule has 17 heavy (non-hydrogen) atoms. The molecule has 2 heterocycles. The molecule has 1 N–H and O–H groups in total. The highest BCUT2D eigenvalue weighted by Gasteiger charge is 2.83. The van der Waals surface area contributed by atoms with Crippen molar-refractivity contribution < 1.29 is 9.84 Å². The molecule has 0 aromatic rings. The van der Waals surface area contributed by atoms with Crippen LogP contribution in [-0.2, 0) is 4.74 Å². The van der Waals surface area contributed by atoms with Crippen molar-refractivity contribution in [3.05, 3.63) is 0 Å². The zero-order valence-corrected chi connectivity index (χ0v) is 11.4. The third-order valence-corrected chi connectivity index (χ3v) is 7.41. The topological polar surface area (TPSA) is 29.5 Å². The molecule has 4 bridgehead atoms. The van der Waals surface area contributed by atoms with Gasteiger partial charge in [0.25, 0.3) is 0 Å². The molecule has 5 rings (SSSR count). The van der Waals surface area contributed by atoms with Gasteiger partial charge in [-0.25, -0.2) is 0 Å². The molecular weight excluding hydrogens is 212 g/mol. The summed E-state index contributed by atoms with van der Waals surface area (Å²) in [6.07, 6.45) is 4.90. The van der Waals surface area contributed by atoms with Gasteiger partial charge in [-0.3, -0.25) is 0 Å². The van der Waals surface area contributed by atoms with Gasteiger partial charge in [0.05, 0.1) is 17.3 Å². The van der Waals surface area contributed by atoms with Crippen molar-refractivity contribution in [2.45, 2.75) is 70.7 Å². The van der Waals surface area contributed by atoms with E-state index in [-0.39, 0.29) is 17.1 Å². The lowest BCUT2D eigenvalue weighted by molar-refractivity contribution is -0.246. The Morgan fingerprint density at radius 3 is 2.53 bits per heavy atom. The Balaban J connectivity index is 1.96. The molecule has 0 amide bonds. The molecule has 96 valence electrons. The number of aliphatic hydroxyl groups is 1. The normalized spacial score (nSPS) is 66.5. The minimum atomic E-state index is -0.607. The average molecular weight is 236 g/mol. The van der Waals surface area contributed by atoms with Gasteiger partial charge in [-0.2, -0.15) is 0 Å². The summed E-state index contributed by atoms with van der Waals surface area (Å²) in [5.41, 5.74) is -0.0105. The largest absolute Gasteiger partial charge is 0.387 e. The monoisotopic (exact) mass is 236 g/mol. The van der Waals surface area contributed by atoms with Crippen molar-refractivity contribution in [3.8, 4) is 0 Å². The Morgan fingerprint density at radius 2 is 1.88 bits per heavy atom. The van der Waals surface area contributed by atoms with E-state index in [0.717, 1.165) is 12.3 Å². The summed E-state index contributed by atoms with van der Waals surface area (Å²) in [6.45, 7) is 9.10. The molecule has 2 nitrogen and oxygen atoms in total. The molecule has 6 atom stereocenters. The summed E-state index contributed by atoms with van der Waals surface area (Å²) in [6, 6.07) is 0. The van der Waals surface area contributed by atoms with Crippen LogP contribution in [0.2, 0.25) is 0 Å². The first-order valence-corrected chi connectivity index (χ1v) is 7.18. The van der Waals surface area contributed by atoms with Gasteiger partial charge in [-0.15, -0.1) is 0 Å². The van der Waals surface area contributed by atoms with E-state index in [4.69, 9.17) is 4.74 Å². The van der Waals surface area contributed by atoms with E-state index in [1.165, 1.54) is 19.3 Å². The quantitative estimate of drug-likeness (QED) is 0.701. The Hall–Kier alpha value is -0.0800. The predicted molar refractivity (Wildman–Crippen MR) is 65.6 cm³/mol. The van der Waals surface area contributed by atoms with Crippen molar-refractivity contribution in [2.75, 3.05) is 0 Å². The van der Waals surface area contributed by atoms with E-state index in [0.29, 0.717) is 11.3 Å². The van der Waals surface area contributed by atoms with E-state index in [1.54, 1.807) is 0 Å². The lowest BCUT2D eigenvalue weighted by atomic mass is 9.63. The molecule has 2 aliphatic heterocycles. The molecule has 2 saturated heterocycles. The Morgan fingerprint density at radius 1 is 1.18 bits per heavy atom. The predicted octanol–water partition coefficient (Wildman–Crippen LogP) is 2.74. The van der Waals surface area contributed by atoms with Gasteiger partial charge < -0.3 is 9.84 Å². The van der Waals surface area contributed by atoms with Crippen molar-refractivity contribution in [1.82, 2.24) is 0 Å². The number of hydrogen-bond donors (Lipinski definition) is 1. The third kappa shape index (κ3) is 0.779. The fraction of sp³-hybridized carbons (Fsp3) is 1.00. The lowest BCUT2D eigenvalue weighted by Gasteiger charge is -2.53. The van der Waals surface area contributed by atoms with Crippen LogP contribution in [0.15, 0.2) is 0 Å². The van der Waals surface area contributed by atoms with Crippen LogP contribution >= 0.6 is 0 Å². The second-order valence-corrected chi connectivity index (χ2v) is 7.94. The Bertz CT molecular complexity index is 400. The van der Waals surface area contributed by atoms with E-state index in [1.807, 2.05) is 6.92 Å². The van der Waals surface area contributed by atoms with Gasteiger partial charge in [-0.05, 0) is 49.9 Å². The molecule has 2 spiro atoms. The summed E-state index contributed by atoms with van der Waals surface area (Å²) in [7, 11) is 0. The minimum absolute atomic E-state index is 0.0803. The van der Waals surface area contributed by atoms with Crippen LogP contribution in [0.1, 0.15) is 53.4 Å². The molecule has 5 aliphatic rings. The van der Waals surface area contributed by atoms with Crippen molar-refractivity contribution >= 4 is 0 Å². The first kappa shape index (κ1) is 10.8. The maximum absolute atomic E-state index is 10.8. The summed E-state index contributed by atoms with van der Waals surface area (Å²) >= 11 is 0. The fourth-order valence-electron chi connectivity index (χ4n) is 6.45. The third-order valence-electron chi connectivity index (χ3n) is 7.41. The number of hydrogen-bond acceptors (Lipinski definition) is 2. The maximum atomic E-state index is 10.8. The molecule has 0 aromatic heterocycles. The molecule has 2 unspecified atom stereocenters. The second-order valence-electron chi connectivity index (χ2n) is 7.94. The van der Waals surface area contributed by atoms with Gasteiger partial charge in [0.15, 0.2) is 0 Å². The van der Waals surface area contributed by atoms with Crippen LogP contribution in [0.4, 0.5) is 0 Å². The molecule has 5 fully saturated rings. The van der Waals surface area contributed by atoms with Gasteiger partial charge in [0, 0.05) is 5.41 Å². The van der Waals surface area contributed by atoms with Crippen LogP contribution in [0.3, 0.4) is 0 Å². The van der Waals surface area contributed by atoms with Crippen molar-refractivity contribution in [3.63, 3.8) is 0 Å². The van der Waals surface area contributed by atoms with Crippen LogP contribution < -0.4 is 0 Å². The molecular formula is C15H24O2. The highest BCUT2D eigenvalue weighted by molar-refractivity contribution is 5.32. The lowest BCUT2D eigenvalue weighted by Crippen LogP contribution is -2.60. The first-order valence-electron chi connectivity index (χ1n) is 7.18. The van der Waals surface area contributed by atoms with Crippen LogP contribution in [0.5, 0.6) is 0 Å². The summed E-state index contributed by atoms with van der Waals surface area (Å²) in [4.78, 5) is 0. The summed E-state index contributed by atoms with van der Waals surface area (Å²) in [5.74, 6) is 1.19. The SMILES string of the molecule is C[C@@H]1CC[C@]23O[C@H]4C[C@@]12CC(C4(C)O)C3(C)C. The summed E-state index contributed by atoms with van der Waals surface area (Å²) in [5, 5.41) is 10.8. The van der Waals surface area contributed by atoms with Gasteiger partial charge in [0.1, 0.15) is 0 Å². The second kappa shape index (κ2) is 2.46. The maximum Gasteiger partial charge on any atom is 0.0915 e. The standard InChI is InChI=1S/C15H24O2/c1-9-5-6-15-12(2,3)10-7-14(9,15)8-11(17-15)13(10,4)16/h9-11,16H,5-8H2,1-4H3/t9-,10?,11+,13?,14+,15-/m1/s1. The zero-order chi connectivity index (χ0) is 12.3. The fourth-order valence-corrected chi connectivity index (χ4v) is 6.45. The number of ether oxygens (including phenoxy) is 1. The van der Waals surface area contributed by atoms with Gasteiger partial charge in [0.2, 0.25) is 0 Å². The highest BCUT2D eigenvalue weighted by atomic mass is 16.5. The molecule has 2 heteroatoms. The molecule has 3 aliphatic carbocycles. The number of rotatable bonds is 0. The van der Waals surface area contributed by atoms with E-state index < -0.39 is 5.60 Å². The van der Waals surface area contributed by atoms with E-state index in [2.05, 4.69) is 20.8 Å². The van der Waals surface area contributed by atoms with E-state index in [9.17, 15) is 5.11 Å². The Kier molecular flexibility index (Phi) is 1.57. The smallest absolute Gasteiger partial charge is 0.0915 e.